The first-order chi connectivity index (χ1) is 9.63. The van der Waals surface area contributed by atoms with Gasteiger partial charge >= 0.3 is 0 Å². The summed E-state index contributed by atoms with van der Waals surface area (Å²) >= 11 is 5.98. The summed E-state index contributed by atoms with van der Waals surface area (Å²) in [4.78, 5) is 0. The Morgan fingerprint density at radius 1 is 1.25 bits per heavy atom. The lowest BCUT2D eigenvalue weighted by Gasteiger charge is -2.14. The zero-order valence-corrected chi connectivity index (χ0v) is 11.9. The van der Waals surface area contributed by atoms with Gasteiger partial charge in [-0.2, -0.15) is 0 Å². The lowest BCUT2D eigenvalue weighted by atomic mass is 10.2. The number of para-hydroxylation sites is 2. The van der Waals surface area contributed by atoms with Gasteiger partial charge in [-0.1, -0.05) is 30.7 Å². The molecule has 0 aliphatic carbocycles. The summed E-state index contributed by atoms with van der Waals surface area (Å²) in [7, 11) is 0. The molecule has 0 saturated heterocycles. The van der Waals surface area contributed by atoms with Crippen molar-refractivity contribution in [2.75, 3.05) is 17.7 Å². The first-order valence-electron chi connectivity index (χ1n) is 6.35. The standard InChI is InChI=1S/C15H16ClFN2O/c1-2-9-20-13-8-4-7-12(14(13)18)19-15-10(16)5-3-6-11(15)17/h3-8,19H,2,9,18H2,1H3. The minimum atomic E-state index is -0.434. The van der Waals surface area contributed by atoms with E-state index < -0.39 is 5.82 Å². The van der Waals surface area contributed by atoms with Gasteiger partial charge in [0.1, 0.15) is 11.6 Å². The highest BCUT2D eigenvalue weighted by Crippen LogP contribution is 2.34. The van der Waals surface area contributed by atoms with Crippen molar-refractivity contribution >= 4 is 28.7 Å². The molecule has 0 atom stereocenters. The zero-order chi connectivity index (χ0) is 14.5. The number of nitrogen functional groups attached to an aromatic ring is 1. The fourth-order valence-electron chi connectivity index (χ4n) is 1.74. The molecule has 0 radical (unpaired) electrons. The van der Waals surface area contributed by atoms with Crippen LogP contribution in [0.5, 0.6) is 5.75 Å². The molecule has 20 heavy (non-hydrogen) atoms. The average Bonchev–Trinajstić information content (AvgIpc) is 2.43. The third kappa shape index (κ3) is 3.14. The average molecular weight is 295 g/mol. The van der Waals surface area contributed by atoms with Crippen molar-refractivity contribution in [3.63, 3.8) is 0 Å². The monoisotopic (exact) mass is 294 g/mol. The summed E-state index contributed by atoms with van der Waals surface area (Å²) in [5, 5.41) is 3.21. The SMILES string of the molecule is CCCOc1cccc(Nc2c(F)cccc2Cl)c1N. The number of nitrogens with two attached hydrogens (primary N) is 1. The van der Waals surface area contributed by atoms with Gasteiger partial charge < -0.3 is 15.8 Å². The van der Waals surface area contributed by atoms with Gasteiger partial charge in [0.2, 0.25) is 0 Å². The maximum atomic E-state index is 13.8. The zero-order valence-electron chi connectivity index (χ0n) is 11.1. The van der Waals surface area contributed by atoms with Crippen LogP contribution in [-0.4, -0.2) is 6.61 Å². The lowest BCUT2D eigenvalue weighted by molar-refractivity contribution is 0.319. The molecule has 0 fully saturated rings. The summed E-state index contributed by atoms with van der Waals surface area (Å²) in [6.07, 6.45) is 0.885. The van der Waals surface area contributed by atoms with Crippen LogP contribution in [0.2, 0.25) is 5.02 Å². The van der Waals surface area contributed by atoms with E-state index in [9.17, 15) is 4.39 Å². The number of hydrogen-bond donors (Lipinski definition) is 2. The van der Waals surface area contributed by atoms with E-state index >= 15 is 0 Å². The van der Waals surface area contributed by atoms with Gasteiger partial charge in [-0.3, -0.25) is 0 Å². The maximum absolute atomic E-state index is 13.8. The molecule has 106 valence electrons. The largest absolute Gasteiger partial charge is 0.491 e. The number of rotatable bonds is 5. The molecule has 0 aliphatic heterocycles. The van der Waals surface area contributed by atoms with Crippen LogP contribution in [0.15, 0.2) is 36.4 Å². The summed E-state index contributed by atoms with van der Waals surface area (Å²) in [6.45, 7) is 2.59. The van der Waals surface area contributed by atoms with E-state index in [4.69, 9.17) is 22.1 Å². The Morgan fingerprint density at radius 3 is 2.70 bits per heavy atom. The van der Waals surface area contributed by atoms with Gasteiger partial charge in [0, 0.05) is 0 Å². The molecule has 2 aromatic rings. The molecule has 0 aromatic heterocycles. The summed E-state index contributed by atoms with van der Waals surface area (Å²) in [5.74, 6) is 0.140. The topological polar surface area (TPSA) is 47.3 Å². The second-order valence-electron chi connectivity index (χ2n) is 4.29. The second kappa shape index (κ2) is 6.48. The first kappa shape index (κ1) is 14.5. The van der Waals surface area contributed by atoms with E-state index in [1.807, 2.05) is 6.92 Å². The van der Waals surface area contributed by atoms with Gasteiger partial charge in [-0.25, -0.2) is 4.39 Å². The fraction of sp³-hybridized carbons (Fsp3) is 0.200. The molecular formula is C15H16ClFN2O. The van der Waals surface area contributed by atoms with Crippen LogP contribution in [0.1, 0.15) is 13.3 Å². The van der Waals surface area contributed by atoms with Crippen LogP contribution in [0.4, 0.5) is 21.5 Å². The Bertz CT molecular complexity index is 584. The molecule has 2 aromatic carbocycles. The van der Waals surface area contributed by atoms with Gasteiger partial charge in [0.05, 0.1) is 28.7 Å². The molecule has 2 rings (SSSR count). The van der Waals surface area contributed by atoms with Gasteiger partial charge in [-0.15, -0.1) is 0 Å². The molecule has 0 saturated carbocycles. The van der Waals surface area contributed by atoms with Crippen molar-refractivity contribution in [3.8, 4) is 5.75 Å². The number of halogens is 2. The van der Waals surface area contributed by atoms with Crippen LogP contribution >= 0.6 is 11.6 Å². The van der Waals surface area contributed by atoms with E-state index in [2.05, 4.69) is 5.32 Å². The molecule has 0 bridgehead atoms. The van der Waals surface area contributed by atoms with E-state index in [-0.39, 0.29) is 5.69 Å². The number of ether oxygens (including phenoxy) is 1. The van der Waals surface area contributed by atoms with Crippen LogP contribution in [0, 0.1) is 5.82 Å². The smallest absolute Gasteiger partial charge is 0.148 e. The van der Waals surface area contributed by atoms with Gasteiger partial charge in [0.25, 0.3) is 0 Å². The number of nitrogens with one attached hydrogen (secondary N) is 1. The molecule has 5 heteroatoms. The molecule has 0 heterocycles. The highest BCUT2D eigenvalue weighted by atomic mass is 35.5. The van der Waals surface area contributed by atoms with E-state index in [1.165, 1.54) is 6.07 Å². The minimum Gasteiger partial charge on any atom is -0.491 e. The van der Waals surface area contributed by atoms with Crippen molar-refractivity contribution in [1.29, 1.82) is 0 Å². The van der Waals surface area contributed by atoms with E-state index in [0.717, 1.165) is 6.42 Å². The van der Waals surface area contributed by atoms with Crippen molar-refractivity contribution in [3.05, 3.63) is 47.2 Å². The van der Waals surface area contributed by atoms with Gasteiger partial charge in [0.15, 0.2) is 0 Å². The molecule has 0 aliphatic rings. The molecular weight excluding hydrogens is 279 g/mol. The normalized spacial score (nSPS) is 10.3. The van der Waals surface area contributed by atoms with Crippen molar-refractivity contribution in [1.82, 2.24) is 0 Å². The van der Waals surface area contributed by atoms with Crippen LogP contribution < -0.4 is 15.8 Å². The van der Waals surface area contributed by atoms with E-state index in [0.29, 0.717) is 28.8 Å². The summed E-state index contributed by atoms with van der Waals surface area (Å²) in [6, 6.07) is 9.81. The molecule has 0 amide bonds. The number of benzene rings is 2. The Kier molecular flexibility index (Phi) is 4.69. The van der Waals surface area contributed by atoms with Crippen LogP contribution in [0.25, 0.3) is 0 Å². The predicted octanol–water partition coefficient (Wildman–Crippen LogP) is 4.59. The molecule has 3 N–H and O–H groups in total. The summed E-state index contributed by atoms with van der Waals surface area (Å²) < 4.78 is 19.3. The quantitative estimate of drug-likeness (QED) is 0.793. The second-order valence-corrected chi connectivity index (χ2v) is 4.69. The Labute approximate surface area is 122 Å². The third-order valence-electron chi connectivity index (χ3n) is 2.75. The molecule has 3 nitrogen and oxygen atoms in total. The van der Waals surface area contributed by atoms with Crippen molar-refractivity contribution in [2.45, 2.75) is 13.3 Å². The van der Waals surface area contributed by atoms with Gasteiger partial charge in [-0.05, 0) is 30.7 Å². The van der Waals surface area contributed by atoms with E-state index in [1.54, 1.807) is 30.3 Å². The highest BCUT2D eigenvalue weighted by molar-refractivity contribution is 6.33. The molecule has 0 spiro atoms. The first-order valence-corrected chi connectivity index (χ1v) is 6.73. The minimum absolute atomic E-state index is 0.202. The lowest BCUT2D eigenvalue weighted by Crippen LogP contribution is -2.03. The Balaban J connectivity index is 2.30. The molecule has 0 unspecified atom stereocenters. The van der Waals surface area contributed by atoms with Crippen molar-refractivity contribution in [2.24, 2.45) is 0 Å². The van der Waals surface area contributed by atoms with Crippen LogP contribution in [0.3, 0.4) is 0 Å². The maximum Gasteiger partial charge on any atom is 0.148 e. The highest BCUT2D eigenvalue weighted by Gasteiger charge is 2.11. The number of anilines is 3. The van der Waals surface area contributed by atoms with Crippen LogP contribution in [-0.2, 0) is 0 Å². The number of hydrogen-bond acceptors (Lipinski definition) is 3. The Hall–Kier alpha value is -1.94. The fourth-order valence-corrected chi connectivity index (χ4v) is 1.95. The van der Waals surface area contributed by atoms with Crippen molar-refractivity contribution < 1.29 is 9.13 Å². The predicted molar refractivity (Wildman–Crippen MR) is 81.3 cm³/mol. The Morgan fingerprint density at radius 2 is 2.00 bits per heavy atom. The summed E-state index contributed by atoms with van der Waals surface area (Å²) in [5.41, 5.74) is 7.21. The third-order valence-corrected chi connectivity index (χ3v) is 3.07.